The topological polar surface area (TPSA) is 70.2 Å². The van der Waals surface area contributed by atoms with Gasteiger partial charge in [0.25, 0.3) is 5.91 Å². The normalized spacial score (nSPS) is 10.1. The zero-order valence-corrected chi connectivity index (χ0v) is 11.1. The van der Waals surface area contributed by atoms with Crippen molar-refractivity contribution in [1.82, 2.24) is 16.2 Å². The van der Waals surface area contributed by atoms with Gasteiger partial charge in [-0.1, -0.05) is 25.4 Å². The molecule has 0 saturated heterocycles. The van der Waals surface area contributed by atoms with Crippen molar-refractivity contribution < 1.29 is 9.59 Å². The van der Waals surface area contributed by atoms with Crippen molar-refractivity contribution in [2.75, 3.05) is 6.54 Å². The van der Waals surface area contributed by atoms with E-state index in [-0.39, 0.29) is 5.91 Å². The number of nitrogens with one attached hydrogen (secondary N) is 3. The first kappa shape index (κ1) is 13.8. The van der Waals surface area contributed by atoms with Gasteiger partial charge in [-0.25, -0.2) is 10.2 Å². The van der Waals surface area contributed by atoms with Gasteiger partial charge in [0.05, 0.1) is 9.21 Å². The summed E-state index contributed by atoms with van der Waals surface area (Å²) in [6, 6.07) is 2.78. The van der Waals surface area contributed by atoms with Gasteiger partial charge in [-0.2, -0.15) is 0 Å². The molecule has 1 aromatic heterocycles. The molecule has 0 fully saturated rings. The van der Waals surface area contributed by atoms with E-state index in [4.69, 9.17) is 11.6 Å². The SMILES string of the molecule is CC(C)CNC(=O)NNC(=O)c1ccc(Cl)s1. The van der Waals surface area contributed by atoms with Crippen molar-refractivity contribution >= 4 is 34.9 Å². The Kier molecular flexibility index (Phi) is 5.24. The van der Waals surface area contributed by atoms with Crippen molar-refractivity contribution in [3.63, 3.8) is 0 Å². The van der Waals surface area contributed by atoms with E-state index in [1.807, 2.05) is 13.8 Å². The van der Waals surface area contributed by atoms with E-state index in [1.54, 1.807) is 12.1 Å². The third-order valence-electron chi connectivity index (χ3n) is 1.76. The fourth-order valence-electron chi connectivity index (χ4n) is 0.952. The van der Waals surface area contributed by atoms with Crippen LogP contribution in [-0.2, 0) is 0 Å². The number of urea groups is 1. The van der Waals surface area contributed by atoms with Gasteiger partial charge in [0.15, 0.2) is 0 Å². The molecule has 7 heteroatoms. The average Bonchev–Trinajstić information content (AvgIpc) is 2.70. The molecule has 0 aromatic carbocycles. The van der Waals surface area contributed by atoms with Crippen molar-refractivity contribution in [1.29, 1.82) is 0 Å². The van der Waals surface area contributed by atoms with Crippen LogP contribution in [0.3, 0.4) is 0 Å². The third kappa shape index (κ3) is 5.06. The van der Waals surface area contributed by atoms with E-state index in [2.05, 4.69) is 16.2 Å². The number of rotatable bonds is 3. The molecule has 0 bridgehead atoms. The van der Waals surface area contributed by atoms with E-state index in [0.29, 0.717) is 21.7 Å². The molecule has 1 rings (SSSR count). The lowest BCUT2D eigenvalue weighted by molar-refractivity contribution is 0.0940. The van der Waals surface area contributed by atoms with E-state index in [0.717, 1.165) is 11.3 Å². The Labute approximate surface area is 109 Å². The summed E-state index contributed by atoms with van der Waals surface area (Å²) in [6.07, 6.45) is 0. The molecule has 0 aliphatic carbocycles. The van der Waals surface area contributed by atoms with Crippen LogP contribution >= 0.6 is 22.9 Å². The summed E-state index contributed by atoms with van der Waals surface area (Å²) in [5.41, 5.74) is 4.55. The van der Waals surface area contributed by atoms with Crippen LogP contribution in [0.15, 0.2) is 12.1 Å². The lowest BCUT2D eigenvalue weighted by Crippen LogP contribution is -2.47. The molecule has 0 saturated carbocycles. The molecule has 0 aliphatic heterocycles. The number of hydrogen-bond acceptors (Lipinski definition) is 3. The zero-order chi connectivity index (χ0) is 12.8. The summed E-state index contributed by atoms with van der Waals surface area (Å²) in [4.78, 5) is 23.2. The minimum Gasteiger partial charge on any atom is -0.336 e. The molecule has 3 amide bonds. The molecule has 0 radical (unpaired) electrons. The van der Waals surface area contributed by atoms with Crippen LogP contribution in [0.2, 0.25) is 4.34 Å². The van der Waals surface area contributed by atoms with Gasteiger partial charge in [0.1, 0.15) is 0 Å². The minimum absolute atomic E-state index is 0.354. The molecular formula is C10H14ClN3O2S. The predicted molar refractivity (Wildman–Crippen MR) is 68.2 cm³/mol. The molecule has 0 spiro atoms. The van der Waals surface area contributed by atoms with Gasteiger partial charge in [-0.3, -0.25) is 10.2 Å². The molecule has 5 nitrogen and oxygen atoms in total. The summed E-state index contributed by atoms with van der Waals surface area (Å²) < 4.78 is 0.527. The number of thiophene rings is 1. The van der Waals surface area contributed by atoms with Gasteiger partial charge in [-0.05, 0) is 18.1 Å². The number of amides is 3. The molecule has 1 aromatic rings. The van der Waals surface area contributed by atoms with Crippen molar-refractivity contribution in [3.8, 4) is 0 Å². The van der Waals surface area contributed by atoms with Gasteiger partial charge in [-0.15, -0.1) is 11.3 Å². The molecule has 0 aliphatic rings. The van der Waals surface area contributed by atoms with Crippen LogP contribution in [0.4, 0.5) is 4.79 Å². The molecule has 0 unspecified atom stereocenters. The van der Waals surface area contributed by atoms with Crippen LogP contribution in [-0.4, -0.2) is 18.5 Å². The average molecular weight is 276 g/mol. The lowest BCUT2D eigenvalue weighted by Gasteiger charge is -2.09. The quantitative estimate of drug-likeness (QED) is 0.739. The second-order valence-corrected chi connectivity index (χ2v) is 5.50. The van der Waals surface area contributed by atoms with Crippen molar-refractivity contribution in [3.05, 3.63) is 21.3 Å². The second-order valence-electron chi connectivity index (χ2n) is 3.79. The van der Waals surface area contributed by atoms with Crippen LogP contribution in [0.25, 0.3) is 0 Å². The highest BCUT2D eigenvalue weighted by Gasteiger charge is 2.09. The molecule has 3 N–H and O–H groups in total. The summed E-state index contributed by atoms with van der Waals surface area (Å²) in [7, 11) is 0. The van der Waals surface area contributed by atoms with E-state index >= 15 is 0 Å². The smallest absolute Gasteiger partial charge is 0.333 e. The summed E-state index contributed by atoms with van der Waals surface area (Å²) in [5.74, 6) is -0.0332. The summed E-state index contributed by atoms with van der Waals surface area (Å²) >= 11 is 6.84. The Hall–Kier alpha value is -1.27. The zero-order valence-electron chi connectivity index (χ0n) is 9.54. The minimum atomic E-state index is -0.435. The van der Waals surface area contributed by atoms with E-state index in [1.165, 1.54) is 0 Å². The van der Waals surface area contributed by atoms with Crippen LogP contribution in [0, 0.1) is 5.92 Å². The van der Waals surface area contributed by atoms with Crippen LogP contribution in [0.1, 0.15) is 23.5 Å². The maximum absolute atomic E-state index is 11.5. The first-order valence-electron chi connectivity index (χ1n) is 5.08. The standard InChI is InChI=1S/C10H14ClN3O2S/c1-6(2)5-12-10(16)14-13-9(15)7-3-4-8(11)17-7/h3-4,6H,5H2,1-2H3,(H,13,15)(H2,12,14,16). The Morgan fingerprint density at radius 2 is 2.06 bits per heavy atom. The van der Waals surface area contributed by atoms with Crippen LogP contribution in [0.5, 0.6) is 0 Å². The van der Waals surface area contributed by atoms with E-state index in [9.17, 15) is 9.59 Å². The highest BCUT2D eigenvalue weighted by Crippen LogP contribution is 2.20. The number of hydrogen-bond donors (Lipinski definition) is 3. The van der Waals surface area contributed by atoms with Crippen LogP contribution < -0.4 is 16.2 Å². The Morgan fingerprint density at radius 1 is 1.35 bits per heavy atom. The fourth-order valence-corrected chi connectivity index (χ4v) is 1.89. The highest BCUT2D eigenvalue weighted by molar-refractivity contribution is 7.17. The fraction of sp³-hybridized carbons (Fsp3) is 0.400. The number of carbonyl (C=O) groups is 2. The molecule has 94 valence electrons. The molecule has 1 heterocycles. The first-order chi connectivity index (χ1) is 7.99. The predicted octanol–water partition coefficient (Wildman–Crippen LogP) is 2.00. The molecular weight excluding hydrogens is 262 g/mol. The lowest BCUT2D eigenvalue weighted by atomic mass is 10.2. The van der Waals surface area contributed by atoms with Gasteiger partial charge < -0.3 is 5.32 Å². The Morgan fingerprint density at radius 3 is 2.59 bits per heavy atom. The largest absolute Gasteiger partial charge is 0.336 e. The second kappa shape index (κ2) is 6.46. The van der Waals surface area contributed by atoms with Gasteiger partial charge >= 0.3 is 6.03 Å². The van der Waals surface area contributed by atoms with Crippen molar-refractivity contribution in [2.45, 2.75) is 13.8 Å². The first-order valence-corrected chi connectivity index (χ1v) is 6.28. The number of halogens is 1. The van der Waals surface area contributed by atoms with E-state index < -0.39 is 6.03 Å². The maximum atomic E-state index is 11.5. The number of carbonyl (C=O) groups excluding carboxylic acids is 2. The monoisotopic (exact) mass is 275 g/mol. The molecule has 0 atom stereocenters. The van der Waals surface area contributed by atoms with Crippen molar-refractivity contribution in [2.24, 2.45) is 5.92 Å². The Bertz CT molecular complexity index is 406. The molecule has 17 heavy (non-hydrogen) atoms. The maximum Gasteiger partial charge on any atom is 0.333 e. The summed E-state index contributed by atoms with van der Waals surface area (Å²) in [6.45, 7) is 4.51. The van der Waals surface area contributed by atoms with Gasteiger partial charge in [0, 0.05) is 6.54 Å². The highest BCUT2D eigenvalue weighted by atomic mass is 35.5. The van der Waals surface area contributed by atoms with Gasteiger partial charge in [0.2, 0.25) is 0 Å². The third-order valence-corrected chi connectivity index (χ3v) is 2.99. The number of hydrazine groups is 1. The summed E-state index contributed by atoms with van der Waals surface area (Å²) in [5, 5.41) is 2.61. The Balaban J connectivity index is 2.31.